The minimum atomic E-state index is 0.288. The average Bonchev–Trinajstić information content (AvgIpc) is 2.92. The highest BCUT2D eigenvalue weighted by atomic mass is 16.5. The summed E-state index contributed by atoms with van der Waals surface area (Å²) in [6.45, 7) is 0.661. The van der Waals surface area contributed by atoms with Gasteiger partial charge in [0.15, 0.2) is 11.5 Å². The van der Waals surface area contributed by atoms with Gasteiger partial charge < -0.3 is 24.4 Å². The second-order valence-electron chi connectivity index (χ2n) is 3.85. The van der Waals surface area contributed by atoms with Crippen molar-refractivity contribution >= 4 is 0 Å². The smallest absolute Gasteiger partial charge is 0.203 e. The molecule has 0 amide bonds. The van der Waals surface area contributed by atoms with Gasteiger partial charge >= 0.3 is 0 Å². The van der Waals surface area contributed by atoms with Crippen molar-refractivity contribution in [1.29, 1.82) is 0 Å². The first-order chi connectivity index (χ1) is 9.28. The van der Waals surface area contributed by atoms with Gasteiger partial charge in [0.1, 0.15) is 18.1 Å². The van der Waals surface area contributed by atoms with Crippen LogP contribution in [0.1, 0.15) is 11.5 Å². The second-order valence-corrected chi connectivity index (χ2v) is 3.85. The summed E-state index contributed by atoms with van der Waals surface area (Å²) >= 11 is 0. The van der Waals surface area contributed by atoms with Gasteiger partial charge in [0.25, 0.3) is 0 Å². The third kappa shape index (κ3) is 3.00. The summed E-state index contributed by atoms with van der Waals surface area (Å²) in [6, 6.07) is 9.13. The van der Waals surface area contributed by atoms with Crippen molar-refractivity contribution in [3.8, 4) is 17.2 Å². The maximum absolute atomic E-state index is 5.71. The van der Waals surface area contributed by atoms with Crippen LogP contribution in [0.4, 0.5) is 0 Å². The van der Waals surface area contributed by atoms with Crippen LogP contribution < -0.4 is 19.9 Å². The molecule has 1 aromatic carbocycles. The highest BCUT2D eigenvalue weighted by Crippen LogP contribution is 2.37. The van der Waals surface area contributed by atoms with Crippen LogP contribution in [0, 0.1) is 0 Å². The first-order valence-electron chi connectivity index (χ1n) is 5.90. The minimum absolute atomic E-state index is 0.288. The number of hydrogen-bond acceptors (Lipinski definition) is 5. The average molecular weight is 263 g/mol. The normalized spacial score (nSPS) is 10.3. The van der Waals surface area contributed by atoms with Crippen molar-refractivity contribution < 1.29 is 18.6 Å². The van der Waals surface area contributed by atoms with Gasteiger partial charge in [-0.25, -0.2) is 0 Å². The molecule has 2 N–H and O–H groups in total. The highest BCUT2D eigenvalue weighted by Gasteiger charge is 2.12. The van der Waals surface area contributed by atoms with E-state index in [0.717, 1.165) is 5.76 Å². The molecule has 0 aliphatic heterocycles. The van der Waals surface area contributed by atoms with Gasteiger partial charge in [0, 0.05) is 0 Å². The number of benzene rings is 1. The number of hydrogen-bond donors (Lipinski definition) is 1. The number of ether oxygens (including phenoxy) is 3. The number of rotatable bonds is 6. The lowest BCUT2D eigenvalue weighted by atomic mass is 10.3. The maximum Gasteiger partial charge on any atom is 0.203 e. The van der Waals surface area contributed by atoms with E-state index in [1.54, 1.807) is 14.2 Å². The van der Waals surface area contributed by atoms with E-state index in [1.165, 1.54) is 0 Å². The number of nitrogens with two attached hydrogens (primary N) is 1. The number of para-hydroxylation sites is 1. The van der Waals surface area contributed by atoms with E-state index < -0.39 is 0 Å². The van der Waals surface area contributed by atoms with E-state index in [9.17, 15) is 0 Å². The summed E-state index contributed by atoms with van der Waals surface area (Å²) in [7, 11) is 3.17. The Morgan fingerprint density at radius 3 is 2.16 bits per heavy atom. The molecule has 2 rings (SSSR count). The molecule has 2 aromatic rings. The SMILES string of the molecule is COc1cccc(OC)c1OCc1ccc(CN)o1. The number of furan rings is 1. The lowest BCUT2D eigenvalue weighted by molar-refractivity contribution is 0.240. The van der Waals surface area contributed by atoms with Crippen LogP contribution in [0.2, 0.25) is 0 Å². The van der Waals surface area contributed by atoms with Crippen molar-refractivity contribution in [2.45, 2.75) is 13.2 Å². The van der Waals surface area contributed by atoms with E-state index in [0.29, 0.717) is 29.6 Å². The monoisotopic (exact) mass is 263 g/mol. The van der Waals surface area contributed by atoms with Crippen LogP contribution in [0.25, 0.3) is 0 Å². The van der Waals surface area contributed by atoms with Crippen LogP contribution in [-0.4, -0.2) is 14.2 Å². The summed E-state index contributed by atoms with van der Waals surface area (Å²) < 4.78 is 21.7. The standard InChI is InChI=1S/C14H17NO4/c1-16-12-4-3-5-13(17-2)14(12)18-9-11-7-6-10(8-15)19-11/h3-7H,8-9,15H2,1-2H3. The molecule has 0 atom stereocenters. The quantitative estimate of drug-likeness (QED) is 0.866. The van der Waals surface area contributed by atoms with Crippen LogP contribution in [0.3, 0.4) is 0 Å². The predicted octanol–water partition coefficient (Wildman–Crippen LogP) is 2.33. The molecule has 5 heteroatoms. The third-order valence-electron chi connectivity index (χ3n) is 2.66. The molecule has 1 heterocycles. The molecule has 0 aliphatic rings. The van der Waals surface area contributed by atoms with E-state index in [4.69, 9.17) is 24.4 Å². The minimum Gasteiger partial charge on any atom is -0.493 e. The summed E-state index contributed by atoms with van der Waals surface area (Å²) in [6.07, 6.45) is 0. The van der Waals surface area contributed by atoms with E-state index in [-0.39, 0.29) is 6.61 Å². The molecule has 0 saturated carbocycles. The van der Waals surface area contributed by atoms with E-state index in [2.05, 4.69) is 0 Å². The van der Waals surface area contributed by atoms with Gasteiger partial charge in [-0.05, 0) is 24.3 Å². The van der Waals surface area contributed by atoms with Crippen molar-refractivity contribution in [3.63, 3.8) is 0 Å². The Morgan fingerprint density at radius 2 is 1.63 bits per heavy atom. The third-order valence-corrected chi connectivity index (χ3v) is 2.66. The molecule has 5 nitrogen and oxygen atoms in total. The van der Waals surface area contributed by atoms with Gasteiger partial charge in [-0.3, -0.25) is 0 Å². The Balaban J connectivity index is 2.13. The van der Waals surface area contributed by atoms with Gasteiger partial charge in [0.2, 0.25) is 5.75 Å². The molecule has 0 unspecified atom stereocenters. The molecule has 0 bridgehead atoms. The summed E-state index contributed by atoms with van der Waals surface area (Å²) in [5, 5.41) is 0. The largest absolute Gasteiger partial charge is 0.493 e. The van der Waals surface area contributed by atoms with Crippen LogP contribution in [0.15, 0.2) is 34.7 Å². The fourth-order valence-electron chi connectivity index (χ4n) is 1.71. The molecule has 19 heavy (non-hydrogen) atoms. The Hall–Kier alpha value is -2.14. The Labute approximate surface area is 111 Å². The second kappa shape index (κ2) is 6.15. The van der Waals surface area contributed by atoms with Gasteiger partial charge in [-0.2, -0.15) is 0 Å². The fourth-order valence-corrected chi connectivity index (χ4v) is 1.71. The molecule has 0 saturated heterocycles. The zero-order valence-corrected chi connectivity index (χ0v) is 11.0. The summed E-state index contributed by atoms with van der Waals surface area (Å²) in [5.41, 5.74) is 5.49. The molecular weight excluding hydrogens is 246 g/mol. The van der Waals surface area contributed by atoms with Crippen LogP contribution >= 0.6 is 0 Å². The topological polar surface area (TPSA) is 66.8 Å². The predicted molar refractivity (Wildman–Crippen MR) is 70.5 cm³/mol. The lowest BCUT2D eigenvalue weighted by Gasteiger charge is -2.13. The lowest BCUT2D eigenvalue weighted by Crippen LogP contribution is -1.99. The van der Waals surface area contributed by atoms with Crippen molar-refractivity contribution in [2.75, 3.05) is 14.2 Å². The molecule has 0 spiro atoms. The maximum atomic E-state index is 5.71. The van der Waals surface area contributed by atoms with Crippen molar-refractivity contribution in [2.24, 2.45) is 5.73 Å². The zero-order valence-electron chi connectivity index (χ0n) is 11.0. The molecule has 0 radical (unpaired) electrons. The first-order valence-corrected chi connectivity index (χ1v) is 5.90. The Bertz CT molecular complexity index is 514. The van der Waals surface area contributed by atoms with E-state index >= 15 is 0 Å². The van der Waals surface area contributed by atoms with Gasteiger partial charge in [-0.15, -0.1) is 0 Å². The van der Waals surface area contributed by atoms with Gasteiger partial charge in [0.05, 0.1) is 20.8 Å². The van der Waals surface area contributed by atoms with Gasteiger partial charge in [-0.1, -0.05) is 6.07 Å². The number of methoxy groups -OCH3 is 2. The fraction of sp³-hybridized carbons (Fsp3) is 0.286. The van der Waals surface area contributed by atoms with Crippen molar-refractivity contribution in [3.05, 3.63) is 41.9 Å². The summed E-state index contributed by atoms with van der Waals surface area (Å²) in [4.78, 5) is 0. The Morgan fingerprint density at radius 1 is 1.00 bits per heavy atom. The van der Waals surface area contributed by atoms with Crippen molar-refractivity contribution in [1.82, 2.24) is 0 Å². The first kappa shape index (κ1) is 13.3. The molecule has 0 fully saturated rings. The Kier molecular flexibility index (Phi) is 4.30. The summed E-state index contributed by atoms with van der Waals surface area (Å²) in [5.74, 6) is 3.21. The highest BCUT2D eigenvalue weighted by molar-refractivity contribution is 5.51. The van der Waals surface area contributed by atoms with Crippen LogP contribution in [0.5, 0.6) is 17.2 Å². The molecule has 1 aromatic heterocycles. The molecular formula is C14H17NO4. The molecule has 0 aliphatic carbocycles. The van der Waals surface area contributed by atoms with E-state index in [1.807, 2.05) is 30.3 Å². The zero-order chi connectivity index (χ0) is 13.7. The van der Waals surface area contributed by atoms with Crippen LogP contribution in [-0.2, 0) is 13.2 Å². The molecule has 102 valence electrons.